The van der Waals surface area contributed by atoms with Crippen LogP contribution >= 0.6 is 0 Å². The minimum absolute atomic E-state index is 0.801. The molecular weight excluding hydrogens is 244 g/mol. The van der Waals surface area contributed by atoms with Crippen molar-refractivity contribution in [2.45, 2.75) is 39.7 Å². The van der Waals surface area contributed by atoms with Gasteiger partial charge in [0.15, 0.2) is 0 Å². The normalized spacial score (nSPS) is 14.3. The Bertz CT molecular complexity index is 567. The van der Waals surface area contributed by atoms with Crippen LogP contribution in [0.15, 0.2) is 58.5 Å². The molecule has 0 aliphatic heterocycles. The van der Waals surface area contributed by atoms with Gasteiger partial charge >= 0.3 is 0 Å². The van der Waals surface area contributed by atoms with Crippen LogP contribution in [-0.2, 0) is 6.54 Å². The van der Waals surface area contributed by atoms with Gasteiger partial charge in [0.25, 0.3) is 0 Å². The molecule has 2 heteroatoms. The van der Waals surface area contributed by atoms with E-state index in [1.165, 1.54) is 29.5 Å². The van der Waals surface area contributed by atoms with Crippen LogP contribution in [0.1, 0.15) is 37.3 Å². The summed E-state index contributed by atoms with van der Waals surface area (Å²) in [6, 6.07) is 8.52. The molecule has 1 fully saturated rings. The highest BCUT2D eigenvalue weighted by Gasteiger charge is 2.08. The quantitative estimate of drug-likeness (QED) is 0.603. The molecule has 0 aromatic heterocycles. The van der Waals surface area contributed by atoms with Gasteiger partial charge in [-0.1, -0.05) is 29.8 Å². The fraction of sp³-hybridized carbons (Fsp3) is 0.333. The van der Waals surface area contributed by atoms with Gasteiger partial charge in [0, 0.05) is 12.8 Å². The van der Waals surface area contributed by atoms with Crippen LogP contribution in [0.25, 0.3) is 0 Å². The third kappa shape index (κ3) is 5.29. The molecule has 0 saturated heterocycles. The van der Waals surface area contributed by atoms with Crippen LogP contribution in [0.5, 0.6) is 0 Å². The predicted octanol–water partition coefficient (Wildman–Crippen LogP) is 4.28. The Morgan fingerprint density at radius 2 is 2.25 bits per heavy atom. The largest absolute Gasteiger partial charge is 0.366 e. The summed E-state index contributed by atoms with van der Waals surface area (Å²) in [5.41, 5.74) is 7.30. The summed E-state index contributed by atoms with van der Waals surface area (Å²) in [7, 11) is 0. The van der Waals surface area contributed by atoms with Gasteiger partial charge < -0.3 is 5.32 Å². The zero-order valence-electron chi connectivity index (χ0n) is 12.3. The Labute approximate surface area is 121 Å². The summed E-state index contributed by atoms with van der Waals surface area (Å²) in [5.74, 6) is 0.924. The Kier molecular flexibility index (Phi) is 5.40. The molecule has 2 nitrogen and oxygen atoms in total. The van der Waals surface area contributed by atoms with Crippen molar-refractivity contribution in [2.24, 2.45) is 4.99 Å². The third-order valence-corrected chi connectivity index (χ3v) is 3.06. The monoisotopic (exact) mass is 266 g/mol. The van der Waals surface area contributed by atoms with Crippen molar-refractivity contribution in [2.75, 3.05) is 0 Å². The first-order valence-corrected chi connectivity index (χ1v) is 7.19. The topological polar surface area (TPSA) is 24.4 Å². The second-order valence-corrected chi connectivity index (χ2v) is 5.01. The van der Waals surface area contributed by atoms with E-state index in [2.05, 4.69) is 59.4 Å². The zero-order chi connectivity index (χ0) is 14.2. The average Bonchev–Trinajstić information content (AvgIpc) is 3.25. The van der Waals surface area contributed by atoms with Gasteiger partial charge in [-0.3, -0.25) is 0 Å². The lowest BCUT2D eigenvalue weighted by atomic mass is 10.1. The van der Waals surface area contributed by atoms with Crippen molar-refractivity contribution < 1.29 is 0 Å². The van der Waals surface area contributed by atoms with Crippen molar-refractivity contribution in [1.82, 2.24) is 5.32 Å². The molecule has 1 aliphatic carbocycles. The van der Waals surface area contributed by atoms with Crippen LogP contribution in [0.2, 0.25) is 0 Å². The molecule has 0 amide bonds. The van der Waals surface area contributed by atoms with E-state index in [0.717, 1.165) is 18.8 Å². The average molecular weight is 266 g/mol. The van der Waals surface area contributed by atoms with E-state index in [9.17, 15) is 0 Å². The first-order valence-electron chi connectivity index (χ1n) is 7.19. The molecule has 1 N–H and O–H groups in total. The van der Waals surface area contributed by atoms with Crippen LogP contribution in [0, 0.1) is 6.92 Å². The molecule has 0 unspecified atom stereocenters. The lowest BCUT2D eigenvalue weighted by Gasteiger charge is -2.07. The molecule has 0 heterocycles. The zero-order valence-corrected chi connectivity index (χ0v) is 12.3. The summed E-state index contributed by atoms with van der Waals surface area (Å²) in [6.07, 6.45) is 9.33. The standard InChI is InChI=1S/C18H22N2/c1-3-19-18(10-5-4-8-16-11-12-16)20-14-17-9-6-7-15(2)13-17/h3-4,6-7,9-10,13,20H,5,11-12,14H2,1-2H3/b18-10+,19-3?. The van der Waals surface area contributed by atoms with E-state index in [1.54, 1.807) is 0 Å². The third-order valence-electron chi connectivity index (χ3n) is 3.06. The number of aliphatic imine (C=N–C) groups is 1. The van der Waals surface area contributed by atoms with Crippen LogP contribution in [0.4, 0.5) is 0 Å². The molecule has 0 spiro atoms. The molecular formula is C18H22N2. The Morgan fingerprint density at radius 1 is 1.40 bits per heavy atom. The highest BCUT2D eigenvalue weighted by Crippen LogP contribution is 2.25. The second kappa shape index (κ2) is 7.52. The molecule has 1 aliphatic rings. The molecule has 2 rings (SSSR count). The van der Waals surface area contributed by atoms with Crippen molar-refractivity contribution in [3.63, 3.8) is 0 Å². The minimum atomic E-state index is 0.801. The number of benzene rings is 1. The predicted molar refractivity (Wildman–Crippen MR) is 85.7 cm³/mol. The van der Waals surface area contributed by atoms with Crippen molar-refractivity contribution in [1.29, 1.82) is 0 Å². The first-order chi connectivity index (χ1) is 9.78. The maximum absolute atomic E-state index is 4.36. The van der Waals surface area contributed by atoms with Gasteiger partial charge in [-0.05, 0) is 56.4 Å². The van der Waals surface area contributed by atoms with Crippen LogP contribution in [-0.4, -0.2) is 6.21 Å². The van der Waals surface area contributed by atoms with Gasteiger partial charge in [0.2, 0.25) is 0 Å². The second-order valence-electron chi connectivity index (χ2n) is 5.01. The Hall–Kier alpha value is -2.05. The van der Waals surface area contributed by atoms with E-state index in [4.69, 9.17) is 0 Å². The van der Waals surface area contributed by atoms with Crippen molar-refractivity contribution in [3.05, 3.63) is 64.7 Å². The van der Waals surface area contributed by atoms with Crippen molar-refractivity contribution >= 4 is 6.21 Å². The number of nitrogens with one attached hydrogen (secondary N) is 1. The fourth-order valence-electron chi connectivity index (χ4n) is 1.90. The van der Waals surface area contributed by atoms with Crippen LogP contribution < -0.4 is 5.32 Å². The van der Waals surface area contributed by atoms with E-state index in [-0.39, 0.29) is 0 Å². The lowest BCUT2D eigenvalue weighted by Crippen LogP contribution is -2.11. The van der Waals surface area contributed by atoms with E-state index >= 15 is 0 Å². The number of hydrogen-bond donors (Lipinski definition) is 1. The van der Waals surface area contributed by atoms with E-state index < -0.39 is 0 Å². The molecule has 0 radical (unpaired) electrons. The van der Waals surface area contributed by atoms with Gasteiger partial charge in [-0.2, -0.15) is 0 Å². The van der Waals surface area contributed by atoms with E-state index in [1.807, 2.05) is 13.1 Å². The minimum Gasteiger partial charge on any atom is -0.366 e. The molecule has 1 aromatic rings. The first kappa shape index (κ1) is 14.4. The van der Waals surface area contributed by atoms with Gasteiger partial charge in [-0.25, -0.2) is 4.99 Å². The number of aryl methyl sites for hydroxylation is 1. The number of nitrogens with zero attached hydrogens (tertiary/aromatic N) is 1. The lowest BCUT2D eigenvalue weighted by molar-refractivity contribution is 0.795. The number of hydrogen-bond acceptors (Lipinski definition) is 2. The van der Waals surface area contributed by atoms with E-state index in [0.29, 0.717) is 0 Å². The SMILES string of the molecule is CC=N/C(=C\CC=C=C1CC1)NCc1cccc(C)c1. The molecule has 0 atom stereocenters. The molecule has 104 valence electrons. The molecule has 0 bridgehead atoms. The van der Waals surface area contributed by atoms with Gasteiger partial charge in [-0.15, -0.1) is 5.73 Å². The highest BCUT2D eigenvalue weighted by molar-refractivity contribution is 5.55. The molecule has 20 heavy (non-hydrogen) atoms. The molecule has 1 aromatic carbocycles. The number of rotatable bonds is 6. The summed E-state index contributed by atoms with van der Waals surface area (Å²) >= 11 is 0. The Balaban J connectivity index is 1.91. The van der Waals surface area contributed by atoms with Crippen LogP contribution in [0.3, 0.4) is 0 Å². The summed E-state index contributed by atoms with van der Waals surface area (Å²) < 4.78 is 0. The maximum Gasteiger partial charge on any atom is 0.122 e. The fourth-order valence-corrected chi connectivity index (χ4v) is 1.90. The molecule has 1 saturated carbocycles. The smallest absolute Gasteiger partial charge is 0.122 e. The maximum atomic E-state index is 4.36. The van der Waals surface area contributed by atoms with Gasteiger partial charge in [0.1, 0.15) is 5.82 Å². The summed E-state index contributed by atoms with van der Waals surface area (Å²) in [6.45, 7) is 4.85. The van der Waals surface area contributed by atoms with Crippen molar-refractivity contribution in [3.8, 4) is 0 Å². The summed E-state index contributed by atoms with van der Waals surface area (Å²) in [5, 5.41) is 3.38. The highest BCUT2D eigenvalue weighted by atomic mass is 15.0. The summed E-state index contributed by atoms with van der Waals surface area (Å²) in [4.78, 5) is 4.36. The van der Waals surface area contributed by atoms with Gasteiger partial charge in [0.05, 0.1) is 0 Å². The number of allylic oxidation sites excluding steroid dienone is 2. The Morgan fingerprint density at radius 3 is 2.95 bits per heavy atom.